The van der Waals surface area contributed by atoms with Gasteiger partial charge in [0.2, 0.25) is 0 Å². The van der Waals surface area contributed by atoms with E-state index in [0.29, 0.717) is 5.39 Å². The van der Waals surface area contributed by atoms with Crippen LogP contribution in [0.25, 0.3) is 10.8 Å². The number of hydrogen-bond donors (Lipinski definition) is 0. The van der Waals surface area contributed by atoms with Crippen molar-refractivity contribution in [3.05, 3.63) is 82.8 Å². The van der Waals surface area contributed by atoms with Gasteiger partial charge < -0.3 is 0 Å². The minimum absolute atomic E-state index is 0.177. The Labute approximate surface area is 121 Å². The van der Waals surface area contributed by atoms with Gasteiger partial charge in [-0.25, -0.2) is 0 Å². The lowest BCUT2D eigenvalue weighted by Gasteiger charge is -2.18. The van der Waals surface area contributed by atoms with Crippen molar-refractivity contribution in [3.8, 4) is 0 Å². The van der Waals surface area contributed by atoms with Crippen LogP contribution >= 0.6 is 0 Å². The lowest BCUT2D eigenvalue weighted by molar-refractivity contribution is 0.0980. The van der Waals surface area contributed by atoms with Crippen molar-refractivity contribution in [2.45, 2.75) is 0 Å². The summed E-state index contributed by atoms with van der Waals surface area (Å²) in [6, 6.07) is 8.45. The van der Waals surface area contributed by atoms with Crippen LogP contribution in [0, 0.1) is 0 Å². The van der Waals surface area contributed by atoms with Gasteiger partial charge in [0.05, 0.1) is 5.48 Å². The monoisotopic (exact) mass is 262 g/mol. The van der Waals surface area contributed by atoms with Crippen molar-refractivity contribution in [2.24, 2.45) is 0 Å². The summed E-state index contributed by atoms with van der Waals surface area (Å²) in [5.74, 6) is -1.08. The molecule has 0 saturated heterocycles. The number of ketones is 2. The number of carbonyl (C=O) groups is 2. The molecule has 1 aliphatic rings. The fourth-order valence-corrected chi connectivity index (χ4v) is 2.62. The van der Waals surface area contributed by atoms with E-state index in [1.54, 1.807) is 24.3 Å². The Balaban J connectivity index is 2.17. The molecule has 0 heterocycles. The molecule has 0 aromatic heterocycles. The Morgan fingerprint density at radius 2 is 1.45 bits per heavy atom. The van der Waals surface area contributed by atoms with Gasteiger partial charge in [-0.1, -0.05) is 54.5 Å². The third kappa shape index (κ3) is 1.33. The molecule has 0 atom stereocenters. The Bertz CT molecular complexity index is 1090. The molecule has 94 valence electrons. The third-order valence-electron chi connectivity index (χ3n) is 3.54. The molecule has 0 saturated carbocycles. The highest BCUT2D eigenvalue weighted by atomic mass is 16.1. The lowest BCUT2D eigenvalue weighted by Crippen LogP contribution is -2.21. The molecule has 3 aromatic carbocycles. The molecule has 0 radical (unpaired) electrons. The molecule has 1 aliphatic carbocycles. The van der Waals surface area contributed by atoms with E-state index in [1.807, 2.05) is 12.1 Å². The van der Waals surface area contributed by atoms with Crippen LogP contribution in [-0.2, 0) is 0 Å². The molecule has 0 fully saturated rings. The topological polar surface area (TPSA) is 34.1 Å². The van der Waals surface area contributed by atoms with Gasteiger partial charge in [-0.2, -0.15) is 0 Å². The zero-order chi connectivity index (χ0) is 17.2. The molecule has 2 heteroatoms. The Morgan fingerprint density at radius 1 is 0.750 bits per heavy atom. The molecule has 0 unspecified atom stereocenters. The SMILES string of the molecule is [2H]c1c([2H])c([2H])c2c(c1[2H])C(=O)c1ccc3ccccc3c1C2=O. The van der Waals surface area contributed by atoms with Gasteiger partial charge in [0, 0.05) is 22.3 Å². The minimum atomic E-state index is -0.544. The highest BCUT2D eigenvalue weighted by Crippen LogP contribution is 2.32. The Morgan fingerprint density at radius 3 is 2.25 bits per heavy atom. The first-order valence-corrected chi connectivity index (χ1v) is 6.15. The third-order valence-corrected chi connectivity index (χ3v) is 3.54. The summed E-state index contributed by atoms with van der Waals surface area (Å²) < 4.78 is 31.5. The molecular formula is C18H10O2. The van der Waals surface area contributed by atoms with Crippen LogP contribution in [0.4, 0.5) is 0 Å². The summed E-state index contributed by atoms with van der Waals surface area (Å²) in [7, 11) is 0. The smallest absolute Gasteiger partial charge is 0.195 e. The number of hydrogen-bond acceptors (Lipinski definition) is 2. The van der Waals surface area contributed by atoms with Gasteiger partial charge in [-0.3, -0.25) is 9.59 Å². The van der Waals surface area contributed by atoms with Gasteiger partial charge in [-0.15, -0.1) is 0 Å². The fourth-order valence-electron chi connectivity index (χ4n) is 2.62. The Kier molecular flexibility index (Phi) is 1.50. The average molecular weight is 262 g/mol. The van der Waals surface area contributed by atoms with Crippen molar-refractivity contribution in [1.82, 2.24) is 0 Å². The van der Waals surface area contributed by atoms with Crippen molar-refractivity contribution in [1.29, 1.82) is 0 Å². The summed E-state index contributed by atoms with van der Waals surface area (Å²) in [5.41, 5.74) is -0.101. The maximum absolute atomic E-state index is 13.0. The first-order valence-electron chi connectivity index (χ1n) is 8.15. The van der Waals surface area contributed by atoms with Crippen LogP contribution in [0.5, 0.6) is 0 Å². The fraction of sp³-hybridized carbons (Fsp3) is 0. The molecule has 0 amide bonds. The second kappa shape index (κ2) is 3.87. The van der Waals surface area contributed by atoms with Crippen molar-refractivity contribution >= 4 is 22.3 Å². The van der Waals surface area contributed by atoms with Crippen LogP contribution in [0.15, 0.2) is 60.6 Å². The molecule has 0 aliphatic heterocycles. The summed E-state index contributed by atoms with van der Waals surface area (Å²) in [6.07, 6.45) is 0. The zero-order valence-electron chi connectivity index (χ0n) is 14.3. The molecule has 0 spiro atoms. The molecule has 20 heavy (non-hydrogen) atoms. The van der Waals surface area contributed by atoms with Crippen molar-refractivity contribution in [2.75, 3.05) is 0 Å². The second-order valence-corrected chi connectivity index (χ2v) is 4.62. The predicted octanol–water partition coefficient (Wildman–Crippen LogP) is 3.62. The summed E-state index contributed by atoms with van der Waals surface area (Å²) >= 11 is 0. The van der Waals surface area contributed by atoms with Crippen molar-refractivity contribution in [3.63, 3.8) is 0 Å². The molecule has 3 aromatic rings. The van der Waals surface area contributed by atoms with Gasteiger partial charge in [0.1, 0.15) is 0 Å². The second-order valence-electron chi connectivity index (χ2n) is 4.62. The first kappa shape index (κ1) is 7.75. The number of benzene rings is 3. The van der Waals surface area contributed by atoms with Crippen LogP contribution in [-0.4, -0.2) is 11.6 Å². The van der Waals surface area contributed by atoms with Gasteiger partial charge in [0.25, 0.3) is 0 Å². The quantitative estimate of drug-likeness (QED) is 0.485. The van der Waals surface area contributed by atoms with E-state index >= 15 is 0 Å². The number of carbonyl (C=O) groups excluding carboxylic acids is 2. The van der Waals surface area contributed by atoms with E-state index in [2.05, 4.69) is 0 Å². The van der Waals surface area contributed by atoms with Crippen molar-refractivity contribution < 1.29 is 15.1 Å². The van der Waals surface area contributed by atoms with Gasteiger partial charge in [0.15, 0.2) is 11.6 Å². The van der Waals surface area contributed by atoms with E-state index in [1.165, 1.54) is 0 Å². The largest absolute Gasteiger partial charge is 0.289 e. The summed E-state index contributed by atoms with van der Waals surface area (Å²) in [5, 5.41) is 1.40. The maximum Gasteiger partial charge on any atom is 0.195 e. The highest BCUT2D eigenvalue weighted by molar-refractivity contribution is 6.32. The summed E-state index contributed by atoms with van der Waals surface area (Å²) in [6.45, 7) is 0. The van der Waals surface area contributed by atoms with Crippen LogP contribution in [0.1, 0.15) is 37.3 Å². The lowest BCUT2D eigenvalue weighted by atomic mass is 9.82. The maximum atomic E-state index is 13.0. The van der Waals surface area contributed by atoms with E-state index in [4.69, 9.17) is 5.48 Å². The zero-order valence-corrected chi connectivity index (χ0v) is 10.3. The highest BCUT2D eigenvalue weighted by Gasteiger charge is 2.30. The Hall–Kier alpha value is -2.74. The van der Waals surface area contributed by atoms with E-state index in [-0.39, 0.29) is 22.3 Å². The van der Waals surface area contributed by atoms with Crippen LogP contribution in [0.3, 0.4) is 0 Å². The van der Waals surface area contributed by atoms with Gasteiger partial charge >= 0.3 is 0 Å². The molecule has 2 nitrogen and oxygen atoms in total. The molecule has 4 rings (SSSR count). The van der Waals surface area contributed by atoms with E-state index < -0.39 is 35.7 Å². The summed E-state index contributed by atoms with van der Waals surface area (Å²) in [4.78, 5) is 25.8. The first-order chi connectivity index (χ1) is 11.4. The van der Waals surface area contributed by atoms with Gasteiger partial charge in [-0.05, 0) is 16.8 Å². The normalized spacial score (nSPS) is 16.0. The minimum Gasteiger partial charge on any atom is -0.289 e. The number of rotatable bonds is 0. The van der Waals surface area contributed by atoms with E-state index in [9.17, 15) is 9.59 Å². The van der Waals surface area contributed by atoms with Crippen LogP contribution < -0.4 is 0 Å². The standard InChI is InChI=1S/C18H10O2/c19-17-13-7-3-4-8-14(13)18(20)16-12-6-2-1-5-11(12)9-10-15(16)17/h1-10H/i3D,4D,7D,8D. The predicted molar refractivity (Wildman–Crippen MR) is 77.3 cm³/mol. The van der Waals surface area contributed by atoms with E-state index in [0.717, 1.165) is 5.39 Å². The average Bonchev–Trinajstić information content (AvgIpc) is 2.60. The molecular weight excluding hydrogens is 248 g/mol. The molecule has 0 N–H and O–H groups in total. The van der Waals surface area contributed by atoms with Crippen LogP contribution in [0.2, 0.25) is 0 Å². The number of fused-ring (bicyclic) bond motifs is 4. The molecule has 0 bridgehead atoms.